The normalized spacial score (nSPS) is 11.6. The summed E-state index contributed by atoms with van der Waals surface area (Å²) in [5, 5.41) is 5.63. The summed E-state index contributed by atoms with van der Waals surface area (Å²) in [7, 11) is 0. The second-order valence-electron chi connectivity index (χ2n) is 5.01. The zero-order valence-electron chi connectivity index (χ0n) is 13.2. The van der Waals surface area contributed by atoms with E-state index in [-0.39, 0.29) is 11.8 Å². The number of carbonyl (C=O) groups is 2. The van der Waals surface area contributed by atoms with Crippen molar-refractivity contribution in [2.24, 2.45) is 0 Å². The number of nitrogens with one attached hydrogen (secondary N) is 2. The smallest absolute Gasteiger partial charge is 0.253 e. The van der Waals surface area contributed by atoms with Crippen LogP contribution >= 0.6 is 27.7 Å². The molecule has 1 aromatic heterocycles. The first kappa shape index (κ1) is 18.5. The number of aromatic nitrogens is 1. The molecular formula is C17H18BrN3O2S. The number of nitrogens with zero attached hydrogens (tertiary/aromatic N) is 1. The predicted octanol–water partition coefficient (Wildman–Crippen LogP) is 3.33. The van der Waals surface area contributed by atoms with E-state index in [2.05, 4.69) is 31.5 Å². The Bertz CT molecular complexity index is 697. The molecule has 2 aromatic rings. The first-order valence-corrected chi connectivity index (χ1v) is 9.55. The van der Waals surface area contributed by atoms with Crippen LogP contribution in [0.3, 0.4) is 0 Å². The molecule has 0 radical (unpaired) electrons. The molecule has 24 heavy (non-hydrogen) atoms. The molecule has 1 heterocycles. The number of benzene rings is 1. The van der Waals surface area contributed by atoms with Gasteiger partial charge in [-0.15, -0.1) is 0 Å². The summed E-state index contributed by atoms with van der Waals surface area (Å²) in [6, 6.07) is 9.94. The van der Waals surface area contributed by atoms with Gasteiger partial charge in [0.05, 0.1) is 5.56 Å². The number of hydrogen-bond acceptors (Lipinski definition) is 4. The third kappa shape index (κ3) is 5.35. The first-order chi connectivity index (χ1) is 11.6. The minimum Gasteiger partial charge on any atom is -0.340 e. The number of rotatable bonds is 7. The van der Waals surface area contributed by atoms with Gasteiger partial charge in [0.1, 0.15) is 6.04 Å². The number of halogens is 1. The fraction of sp³-hybridized carbons (Fsp3) is 0.235. The highest BCUT2D eigenvalue weighted by atomic mass is 79.9. The second-order valence-corrected chi connectivity index (χ2v) is 6.85. The number of hydrogen-bond donors (Lipinski definition) is 2. The van der Waals surface area contributed by atoms with Crippen molar-refractivity contribution >= 4 is 45.2 Å². The predicted molar refractivity (Wildman–Crippen MR) is 101 cm³/mol. The molecule has 0 fully saturated rings. The summed E-state index contributed by atoms with van der Waals surface area (Å²) in [5.41, 5.74) is 1.16. The van der Waals surface area contributed by atoms with Crippen LogP contribution in [0.2, 0.25) is 0 Å². The number of anilines is 1. The Kier molecular flexibility index (Phi) is 7.27. The van der Waals surface area contributed by atoms with E-state index in [4.69, 9.17) is 0 Å². The first-order valence-electron chi connectivity index (χ1n) is 7.37. The van der Waals surface area contributed by atoms with Gasteiger partial charge in [-0.3, -0.25) is 14.6 Å². The Morgan fingerprint density at radius 2 is 1.92 bits per heavy atom. The standard InChI is InChI=1S/C17H18BrN3O2S/c1-24-11-8-15(17(23)20-12-6-9-19-10-7-12)21-16(22)13-4-2-3-5-14(13)18/h2-7,9-10,15H,8,11H2,1H3,(H,21,22)(H,19,20,23). The van der Waals surface area contributed by atoms with Crippen LogP contribution in [0.4, 0.5) is 5.69 Å². The zero-order valence-corrected chi connectivity index (χ0v) is 15.6. The van der Waals surface area contributed by atoms with Gasteiger partial charge < -0.3 is 10.6 Å². The van der Waals surface area contributed by atoms with Crippen LogP contribution in [-0.2, 0) is 4.79 Å². The van der Waals surface area contributed by atoms with E-state index in [1.165, 1.54) is 0 Å². The molecule has 2 amide bonds. The monoisotopic (exact) mass is 407 g/mol. The highest BCUT2D eigenvalue weighted by molar-refractivity contribution is 9.10. The van der Waals surface area contributed by atoms with E-state index in [9.17, 15) is 9.59 Å². The number of pyridine rings is 1. The van der Waals surface area contributed by atoms with Crippen LogP contribution in [0.15, 0.2) is 53.3 Å². The Morgan fingerprint density at radius 3 is 2.58 bits per heavy atom. The van der Waals surface area contributed by atoms with Gasteiger partial charge in [-0.1, -0.05) is 12.1 Å². The maximum atomic E-state index is 12.5. The summed E-state index contributed by atoms with van der Waals surface area (Å²) in [6.45, 7) is 0. The van der Waals surface area contributed by atoms with Crippen LogP contribution in [-0.4, -0.2) is 34.8 Å². The summed E-state index contributed by atoms with van der Waals surface area (Å²) in [4.78, 5) is 28.9. The Balaban J connectivity index is 2.08. The molecule has 1 unspecified atom stereocenters. The molecular weight excluding hydrogens is 390 g/mol. The maximum absolute atomic E-state index is 12.5. The topological polar surface area (TPSA) is 71.1 Å². The lowest BCUT2D eigenvalue weighted by atomic mass is 10.1. The Labute approximate surface area is 153 Å². The number of thioether (sulfide) groups is 1. The number of carbonyl (C=O) groups excluding carboxylic acids is 2. The molecule has 1 aromatic carbocycles. The minimum absolute atomic E-state index is 0.240. The van der Waals surface area contributed by atoms with Gasteiger partial charge in [0.25, 0.3) is 5.91 Å². The largest absolute Gasteiger partial charge is 0.340 e. The molecule has 7 heteroatoms. The summed E-state index contributed by atoms with van der Waals surface area (Å²) in [6.07, 6.45) is 5.72. The molecule has 0 saturated carbocycles. The van der Waals surface area contributed by atoms with E-state index >= 15 is 0 Å². The lowest BCUT2D eigenvalue weighted by Gasteiger charge is -2.18. The van der Waals surface area contributed by atoms with E-state index < -0.39 is 6.04 Å². The van der Waals surface area contributed by atoms with Gasteiger partial charge in [0.15, 0.2) is 0 Å². The fourth-order valence-electron chi connectivity index (χ4n) is 2.05. The summed E-state index contributed by atoms with van der Waals surface area (Å²) >= 11 is 4.99. The van der Waals surface area contributed by atoms with E-state index in [1.54, 1.807) is 54.5 Å². The summed E-state index contributed by atoms with van der Waals surface area (Å²) < 4.78 is 0.695. The molecule has 0 aliphatic carbocycles. The Morgan fingerprint density at radius 1 is 1.21 bits per heavy atom. The fourth-order valence-corrected chi connectivity index (χ4v) is 2.99. The zero-order chi connectivity index (χ0) is 17.4. The van der Waals surface area contributed by atoms with Crippen LogP contribution in [0.25, 0.3) is 0 Å². The average Bonchev–Trinajstić information content (AvgIpc) is 2.59. The molecule has 2 rings (SSSR count). The highest BCUT2D eigenvalue weighted by Gasteiger charge is 2.22. The quantitative estimate of drug-likeness (QED) is 0.738. The molecule has 0 bridgehead atoms. The van der Waals surface area contributed by atoms with Crippen molar-refractivity contribution in [3.63, 3.8) is 0 Å². The van der Waals surface area contributed by atoms with Crippen molar-refractivity contribution in [2.45, 2.75) is 12.5 Å². The maximum Gasteiger partial charge on any atom is 0.253 e. The van der Waals surface area contributed by atoms with Gasteiger partial charge >= 0.3 is 0 Å². The SMILES string of the molecule is CSCCC(NC(=O)c1ccccc1Br)C(=O)Nc1ccncc1. The van der Waals surface area contributed by atoms with Crippen LogP contribution in [0, 0.1) is 0 Å². The third-order valence-corrected chi connectivity index (χ3v) is 4.63. The molecule has 0 spiro atoms. The van der Waals surface area contributed by atoms with Crippen molar-refractivity contribution in [3.8, 4) is 0 Å². The van der Waals surface area contributed by atoms with Crippen molar-refractivity contribution in [1.82, 2.24) is 10.3 Å². The molecule has 5 nitrogen and oxygen atoms in total. The third-order valence-electron chi connectivity index (χ3n) is 3.30. The van der Waals surface area contributed by atoms with Crippen molar-refractivity contribution in [1.29, 1.82) is 0 Å². The van der Waals surface area contributed by atoms with E-state index in [0.717, 1.165) is 5.75 Å². The van der Waals surface area contributed by atoms with Gasteiger partial charge in [-0.25, -0.2) is 0 Å². The lowest BCUT2D eigenvalue weighted by molar-refractivity contribution is -0.118. The van der Waals surface area contributed by atoms with Gasteiger partial charge in [-0.2, -0.15) is 11.8 Å². The lowest BCUT2D eigenvalue weighted by Crippen LogP contribution is -2.44. The second kappa shape index (κ2) is 9.44. The molecule has 126 valence electrons. The Hall–Kier alpha value is -1.86. The van der Waals surface area contributed by atoms with Gasteiger partial charge in [0, 0.05) is 22.6 Å². The molecule has 1 atom stereocenters. The number of amides is 2. The van der Waals surface area contributed by atoms with Gasteiger partial charge in [0.2, 0.25) is 5.91 Å². The minimum atomic E-state index is -0.606. The van der Waals surface area contributed by atoms with Crippen LogP contribution in [0.5, 0.6) is 0 Å². The van der Waals surface area contributed by atoms with Crippen LogP contribution in [0.1, 0.15) is 16.8 Å². The van der Waals surface area contributed by atoms with Crippen molar-refractivity contribution < 1.29 is 9.59 Å². The molecule has 2 N–H and O–H groups in total. The van der Waals surface area contributed by atoms with Gasteiger partial charge in [-0.05, 0) is 58.6 Å². The van der Waals surface area contributed by atoms with E-state index in [0.29, 0.717) is 22.1 Å². The average molecular weight is 408 g/mol. The highest BCUT2D eigenvalue weighted by Crippen LogP contribution is 2.16. The molecule has 0 saturated heterocycles. The van der Waals surface area contributed by atoms with Crippen molar-refractivity contribution in [2.75, 3.05) is 17.3 Å². The molecule has 0 aliphatic rings. The van der Waals surface area contributed by atoms with E-state index in [1.807, 2.05) is 12.3 Å². The molecule has 0 aliphatic heterocycles. The van der Waals surface area contributed by atoms with Crippen LogP contribution < -0.4 is 10.6 Å². The van der Waals surface area contributed by atoms with Crippen molar-refractivity contribution in [3.05, 3.63) is 58.8 Å². The summed E-state index contributed by atoms with van der Waals surface area (Å²) in [5.74, 6) is 0.249.